The second kappa shape index (κ2) is 5.50. The summed E-state index contributed by atoms with van der Waals surface area (Å²) < 4.78 is 0. The Bertz CT molecular complexity index is 260. The topological polar surface area (TPSA) is 15.3 Å². The van der Waals surface area contributed by atoms with E-state index < -0.39 is 0 Å². The molecular formula is C16H32N2. The van der Waals surface area contributed by atoms with Crippen molar-refractivity contribution in [3.8, 4) is 0 Å². The third-order valence-electron chi connectivity index (χ3n) is 5.06. The van der Waals surface area contributed by atoms with Crippen LogP contribution in [0.1, 0.15) is 59.8 Å². The molecular weight excluding hydrogens is 220 g/mol. The Morgan fingerprint density at radius 1 is 1.22 bits per heavy atom. The van der Waals surface area contributed by atoms with Crippen LogP contribution in [0.5, 0.6) is 0 Å². The largest absolute Gasteiger partial charge is 0.313 e. The minimum atomic E-state index is 0.462. The number of rotatable bonds is 6. The lowest BCUT2D eigenvalue weighted by Gasteiger charge is -2.41. The molecule has 0 amide bonds. The number of piperidine rings is 1. The van der Waals surface area contributed by atoms with Crippen LogP contribution in [0, 0.1) is 10.8 Å². The molecule has 0 aromatic heterocycles. The number of nitrogens with zero attached hydrogens (tertiary/aromatic N) is 1. The van der Waals surface area contributed by atoms with Gasteiger partial charge in [-0.05, 0) is 56.0 Å². The summed E-state index contributed by atoms with van der Waals surface area (Å²) in [5.74, 6) is 0. The number of nitrogens with one attached hydrogen (secondary N) is 1. The predicted octanol–water partition coefficient (Wildman–Crippen LogP) is 3.28. The van der Waals surface area contributed by atoms with Crippen LogP contribution in [0.15, 0.2) is 0 Å². The summed E-state index contributed by atoms with van der Waals surface area (Å²) in [6, 6.07) is 0.844. The molecule has 0 bridgehead atoms. The van der Waals surface area contributed by atoms with Crippen LogP contribution >= 0.6 is 0 Å². The summed E-state index contributed by atoms with van der Waals surface area (Å²) in [7, 11) is 0. The SMILES string of the molecule is CCC(C)(CNC1CC1)CN1CCC(C)(C)CC1. The van der Waals surface area contributed by atoms with Crippen LogP contribution in [0.4, 0.5) is 0 Å². The van der Waals surface area contributed by atoms with Crippen LogP contribution in [0.25, 0.3) is 0 Å². The molecule has 1 saturated heterocycles. The molecule has 106 valence electrons. The fraction of sp³-hybridized carbons (Fsp3) is 1.00. The highest BCUT2D eigenvalue weighted by atomic mass is 15.1. The van der Waals surface area contributed by atoms with E-state index in [9.17, 15) is 0 Å². The molecule has 1 unspecified atom stereocenters. The van der Waals surface area contributed by atoms with Gasteiger partial charge in [0.25, 0.3) is 0 Å². The van der Waals surface area contributed by atoms with Gasteiger partial charge in [0.1, 0.15) is 0 Å². The third kappa shape index (κ3) is 4.24. The summed E-state index contributed by atoms with van der Waals surface area (Å²) in [6.45, 7) is 14.7. The maximum absolute atomic E-state index is 3.73. The van der Waals surface area contributed by atoms with Crippen LogP contribution in [-0.4, -0.2) is 37.1 Å². The molecule has 2 nitrogen and oxygen atoms in total. The zero-order valence-electron chi connectivity index (χ0n) is 12.9. The van der Waals surface area contributed by atoms with E-state index in [1.165, 1.54) is 58.3 Å². The molecule has 0 aromatic carbocycles. The monoisotopic (exact) mass is 252 g/mol. The van der Waals surface area contributed by atoms with E-state index in [-0.39, 0.29) is 0 Å². The molecule has 1 N–H and O–H groups in total. The first-order valence-electron chi connectivity index (χ1n) is 7.88. The summed E-state index contributed by atoms with van der Waals surface area (Å²) in [5, 5.41) is 3.73. The normalized spacial score (nSPS) is 28.0. The van der Waals surface area contributed by atoms with Gasteiger partial charge in [-0.15, -0.1) is 0 Å². The molecule has 1 saturated carbocycles. The van der Waals surface area contributed by atoms with Crippen molar-refractivity contribution in [1.29, 1.82) is 0 Å². The van der Waals surface area contributed by atoms with E-state index in [2.05, 4.69) is 37.9 Å². The molecule has 1 heterocycles. The van der Waals surface area contributed by atoms with Gasteiger partial charge >= 0.3 is 0 Å². The Balaban J connectivity index is 1.77. The van der Waals surface area contributed by atoms with Crippen LogP contribution in [0.2, 0.25) is 0 Å². The Labute approximate surface area is 114 Å². The van der Waals surface area contributed by atoms with Gasteiger partial charge in [-0.2, -0.15) is 0 Å². The average Bonchev–Trinajstić information content (AvgIpc) is 3.14. The molecule has 1 atom stereocenters. The zero-order chi connectivity index (χ0) is 13.2. The van der Waals surface area contributed by atoms with Gasteiger partial charge in [0.2, 0.25) is 0 Å². The fourth-order valence-electron chi connectivity index (χ4n) is 2.83. The van der Waals surface area contributed by atoms with Gasteiger partial charge in [0.15, 0.2) is 0 Å². The van der Waals surface area contributed by atoms with Crippen molar-refractivity contribution in [2.75, 3.05) is 26.2 Å². The summed E-state index contributed by atoms with van der Waals surface area (Å²) in [4.78, 5) is 2.70. The first-order valence-corrected chi connectivity index (χ1v) is 7.88. The highest BCUT2D eigenvalue weighted by Crippen LogP contribution is 2.32. The van der Waals surface area contributed by atoms with Gasteiger partial charge in [-0.1, -0.05) is 27.7 Å². The lowest BCUT2D eigenvalue weighted by atomic mass is 9.80. The van der Waals surface area contributed by atoms with E-state index in [0.717, 1.165) is 6.04 Å². The second-order valence-corrected chi connectivity index (χ2v) is 7.76. The van der Waals surface area contributed by atoms with Crippen LogP contribution < -0.4 is 5.32 Å². The first kappa shape index (κ1) is 14.3. The summed E-state index contributed by atoms with van der Waals surface area (Å²) >= 11 is 0. The van der Waals surface area contributed by atoms with Crippen LogP contribution in [-0.2, 0) is 0 Å². The van der Waals surface area contributed by atoms with Gasteiger partial charge in [0, 0.05) is 19.1 Å². The molecule has 2 fully saturated rings. The minimum absolute atomic E-state index is 0.462. The summed E-state index contributed by atoms with van der Waals surface area (Å²) in [6.07, 6.45) is 6.81. The smallest absolute Gasteiger partial charge is 0.00684 e. The maximum Gasteiger partial charge on any atom is 0.00684 e. The molecule has 18 heavy (non-hydrogen) atoms. The Morgan fingerprint density at radius 3 is 2.33 bits per heavy atom. The fourth-order valence-corrected chi connectivity index (χ4v) is 2.83. The van der Waals surface area contributed by atoms with Crippen molar-refractivity contribution in [3.63, 3.8) is 0 Å². The molecule has 0 spiro atoms. The molecule has 2 rings (SSSR count). The molecule has 2 aliphatic rings. The Hall–Kier alpha value is -0.0800. The van der Waals surface area contributed by atoms with Crippen molar-refractivity contribution < 1.29 is 0 Å². The number of hydrogen-bond donors (Lipinski definition) is 1. The quantitative estimate of drug-likeness (QED) is 0.780. The zero-order valence-corrected chi connectivity index (χ0v) is 12.9. The van der Waals surface area contributed by atoms with E-state index in [1.807, 2.05) is 0 Å². The average molecular weight is 252 g/mol. The van der Waals surface area contributed by atoms with Crippen molar-refractivity contribution in [2.24, 2.45) is 10.8 Å². The van der Waals surface area contributed by atoms with Gasteiger partial charge in [-0.25, -0.2) is 0 Å². The van der Waals surface area contributed by atoms with Crippen molar-refractivity contribution in [1.82, 2.24) is 10.2 Å². The Kier molecular flexibility index (Phi) is 4.38. The number of likely N-dealkylation sites (tertiary alicyclic amines) is 1. The van der Waals surface area contributed by atoms with E-state index >= 15 is 0 Å². The highest BCUT2D eigenvalue weighted by Gasteiger charge is 2.32. The highest BCUT2D eigenvalue weighted by molar-refractivity contribution is 4.88. The summed E-state index contributed by atoms with van der Waals surface area (Å²) in [5.41, 5.74) is 1.04. The molecule has 1 aliphatic carbocycles. The molecule has 0 radical (unpaired) electrons. The van der Waals surface area contributed by atoms with E-state index in [0.29, 0.717) is 10.8 Å². The van der Waals surface area contributed by atoms with Crippen molar-refractivity contribution >= 4 is 0 Å². The lowest BCUT2D eigenvalue weighted by Crippen LogP contribution is -2.46. The molecule has 0 aromatic rings. The predicted molar refractivity (Wildman–Crippen MR) is 78.9 cm³/mol. The van der Waals surface area contributed by atoms with Crippen molar-refractivity contribution in [3.05, 3.63) is 0 Å². The minimum Gasteiger partial charge on any atom is -0.313 e. The standard InChI is InChI=1S/C16H32N2/c1-5-16(4,12-17-14-6-7-14)13-18-10-8-15(2,3)9-11-18/h14,17H,5-13H2,1-4H3. The van der Waals surface area contributed by atoms with Gasteiger partial charge < -0.3 is 10.2 Å². The number of hydrogen-bond acceptors (Lipinski definition) is 2. The Morgan fingerprint density at radius 2 is 1.83 bits per heavy atom. The van der Waals surface area contributed by atoms with E-state index in [1.54, 1.807) is 0 Å². The van der Waals surface area contributed by atoms with Crippen molar-refractivity contribution in [2.45, 2.75) is 65.8 Å². The maximum atomic E-state index is 3.73. The van der Waals surface area contributed by atoms with Crippen LogP contribution in [0.3, 0.4) is 0 Å². The first-order chi connectivity index (χ1) is 8.42. The molecule has 1 aliphatic heterocycles. The lowest BCUT2D eigenvalue weighted by molar-refractivity contribution is 0.0858. The molecule has 2 heteroatoms. The van der Waals surface area contributed by atoms with Gasteiger partial charge in [0.05, 0.1) is 0 Å². The third-order valence-corrected chi connectivity index (χ3v) is 5.06. The second-order valence-electron chi connectivity index (χ2n) is 7.76. The van der Waals surface area contributed by atoms with Gasteiger partial charge in [-0.3, -0.25) is 0 Å². The van der Waals surface area contributed by atoms with E-state index in [4.69, 9.17) is 0 Å².